The molecular weight excluding hydrogens is 233 g/mol. The van der Waals surface area contributed by atoms with Crippen molar-refractivity contribution in [1.29, 1.82) is 0 Å². The van der Waals surface area contributed by atoms with Gasteiger partial charge in [0, 0.05) is 17.1 Å². The van der Waals surface area contributed by atoms with Gasteiger partial charge in [-0.3, -0.25) is 0 Å². The Balaban J connectivity index is 2.75. The molecule has 0 spiro atoms. The number of aliphatic hydroxyl groups is 2. The largest absolute Gasteiger partial charge is 0.394 e. The first-order chi connectivity index (χ1) is 7.52. The summed E-state index contributed by atoms with van der Waals surface area (Å²) in [5.74, 6) is -0.404. The monoisotopic (exact) mass is 247 g/mol. The maximum atomic E-state index is 13.4. The van der Waals surface area contributed by atoms with E-state index < -0.39 is 11.4 Å². The summed E-state index contributed by atoms with van der Waals surface area (Å²) in [5.41, 5.74) is -0.511. The van der Waals surface area contributed by atoms with Gasteiger partial charge in [0.2, 0.25) is 0 Å². The van der Waals surface area contributed by atoms with E-state index in [0.29, 0.717) is 10.6 Å². The smallest absolute Gasteiger partial charge is 0.129 e. The van der Waals surface area contributed by atoms with E-state index in [-0.39, 0.29) is 19.8 Å². The van der Waals surface area contributed by atoms with Crippen molar-refractivity contribution in [1.82, 2.24) is 5.32 Å². The fraction of sp³-hybridized carbons (Fsp3) is 0.455. The molecule has 1 aromatic carbocycles. The number of benzene rings is 1. The Morgan fingerprint density at radius 3 is 2.50 bits per heavy atom. The van der Waals surface area contributed by atoms with Gasteiger partial charge in [-0.1, -0.05) is 17.7 Å². The number of rotatable bonds is 5. The third-order valence-corrected chi connectivity index (χ3v) is 2.81. The quantitative estimate of drug-likeness (QED) is 0.736. The second kappa shape index (κ2) is 5.59. The van der Waals surface area contributed by atoms with Crippen molar-refractivity contribution in [3.63, 3.8) is 0 Å². The second-order valence-corrected chi connectivity index (χ2v) is 4.34. The Morgan fingerprint density at radius 2 is 2.00 bits per heavy atom. The van der Waals surface area contributed by atoms with Crippen LogP contribution < -0.4 is 5.32 Å². The molecule has 0 aliphatic carbocycles. The van der Waals surface area contributed by atoms with E-state index in [9.17, 15) is 4.39 Å². The van der Waals surface area contributed by atoms with Crippen LogP contribution in [0.25, 0.3) is 0 Å². The summed E-state index contributed by atoms with van der Waals surface area (Å²) >= 11 is 5.84. The molecule has 0 atom stereocenters. The Morgan fingerprint density at radius 1 is 1.38 bits per heavy atom. The highest BCUT2D eigenvalue weighted by Gasteiger charge is 2.22. The van der Waals surface area contributed by atoms with Crippen LogP contribution in [0.4, 0.5) is 4.39 Å². The van der Waals surface area contributed by atoms with Crippen LogP contribution in [0.5, 0.6) is 0 Å². The summed E-state index contributed by atoms with van der Waals surface area (Å²) < 4.78 is 13.4. The Labute approximate surface area is 98.9 Å². The molecule has 0 amide bonds. The molecule has 0 fully saturated rings. The van der Waals surface area contributed by atoms with Crippen molar-refractivity contribution >= 4 is 11.6 Å². The summed E-state index contributed by atoms with van der Waals surface area (Å²) in [6, 6.07) is 4.44. The van der Waals surface area contributed by atoms with Crippen molar-refractivity contribution < 1.29 is 14.6 Å². The van der Waals surface area contributed by atoms with Gasteiger partial charge < -0.3 is 15.5 Å². The average molecular weight is 248 g/mol. The van der Waals surface area contributed by atoms with Gasteiger partial charge in [-0.2, -0.15) is 0 Å². The van der Waals surface area contributed by atoms with Gasteiger partial charge in [0.25, 0.3) is 0 Å². The highest BCUT2D eigenvalue weighted by molar-refractivity contribution is 6.31. The maximum absolute atomic E-state index is 13.4. The van der Waals surface area contributed by atoms with Crippen LogP contribution in [0.1, 0.15) is 12.5 Å². The molecule has 0 aliphatic rings. The zero-order chi connectivity index (χ0) is 12.2. The minimum absolute atomic E-state index is 0.156. The molecule has 0 bridgehead atoms. The molecule has 0 radical (unpaired) electrons. The first-order valence-electron chi connectivity index (χ1n) is 4.92. The van der Waals surface area contributed by atoms with Crippen LogP contribution in [-0.4, -0.2) is 29.0 Å². The van der Waals surface area contributed by atoms with Crippen LogP contribution in [0.15, 0.2) is 18.2 Å². The van der Waals surface area contributed by atoms with Crippen molar-refractivity contribution in [3.8, 4) is 0 Å². The van der Waals surface area contributed by atoms with Crippen LogP contribution in [0.2, 0.25) is 5.02 Å². The lowest BCUT2D eigenvalue weighted by molar-refractivity contribution is 0.103. The number of aliphatic hydroxyl groups excluding tert-OH is 2. The lowest BCUT2D eigenvalue weighted by Crippen LogP contribution is -2.48. The number of halogens is 2. The Kier molecular flexibility index (Phi) is 4.68. The molecule has 1 rings (SSSR count). The van der Waals surface area contributed by atoms with Gasteiger partial charge in [-0.15, -0.1) is 0 Å². The summed E-state index contributed by atoms with van der Waals surface area (Å²) in [6.07, 6.45) is 0. The van der Waals surface area contributed by atoms with E-state index in [4.69, 9.17) is 21.8 Å². The SMILES string of the molecule is CC(CO)(CO)NCc1c(F)cccc1Cl. The number of hydrogen-bond donors (Lipinski definition) is 3. The summed E-state index contributed by atoms with van der Waals surface area (Å²) in [5, 5.41) is 21.3. The van der Waals surface area contributed by atoms with E-state index in [0.717, 1.165) is 0 Å². The molecule has 0 heterocycles. The van der Waals surface area contributed by atoms with Crippen LogP contribution in [-0.2, 0) is 6.54 Å². The van der Waals surface area contributed by atoms with Crippen molar-refractivity contribution in [3.05, 3.63) is 34.6 Å². The highest BCUT2D eigenvalue weighted by Crippen LogP contribution is 2.19. The molecule has 1 aromatic rings. The van der Waals surface area contributed by atoms with E-state index >= 15 is 0 Å². The average Bonchev–Trinajstić information content (AvgIpc) is 2.28. The molecule has 5 heteroatoms. The summed E-state index contributed by atoms with van der Waals surface area (Å²) in [4.78, 5) is 0. The van der Waals surface area contributed by atoms with E-state index in [2.05, 4.69) is 5.32 Å². The third kappa shape index (κ3) is 3.15. The van der Waals surface area contributed by atoms with Crippen LogP contribution in [0, 0.1) is 5.82 Å². The standard InChI is InChI=1S/C11H15ClFNO2/c1-11(6-15,7-16)14-5-8-9(12)3-2-4-10(8)13/h2-4,14-16H,5-7H2,1H3. The predicted octanol–water partition coefficient (Wildman–Crippen LogP) is 1.31. The van der Waals surface area contributed by atoms with Crippen molar-refractivity contribution in [2.45, 2.75) is 19.0 Å². The maximum Gasteiger partial charge on any atom is 0.129 e. The van der Waals surface area contributed by atoms with Gasteiger partial charge >= 0.3 is 0 Å². The minimum atomic E-state index is -0.842. The fourth-order valence-electron chi connectivity index (χ4n) is 1.16. The van der Waals surface area contributed by atoms with Gasteiger partial charge in [-0.25, -0.2) is 4.39 Å². The second-order valence-electron chi connectivity index (χ2n) is 3.93. The Hall–Kier alpha value is -0.680. The molecule has 0 aliphatic heterocycles. The van der Waals surface area contributed by atoms with Crippen LogP contribution in [0.3, 0.4) is 0 Å². The van der Waals surface area contributed by atoms with Crippen molar-refractivity contribution in [2.75, 3.05) is 13.2 Å². The number of hydrogen-bond acceptors (Lipinski definition) is 3. The molecule has 0 saturated heterocycles. The van der Waals surface area contributed by atoms with Gasteiger partial charge in [-0.05, 0) is 19.1 Å². The Bertz CT molecular complexity index is 336. The van der Waals surface area contributed by atoms with E-state index in [1.807, 2.05) is 0 Å². The first-order valence-corrected chi connectivity index (χ1v) is 5.30. The highest BCUT2D eigenvalue weighted by atomic mass is 35.5. The topological polar surface area (TPSA) is 52.5 Å². The lowest BCUT2D eigenvalue weighted by Gasteiger charge is -2.26. The molecular formula is C11H15ClFNO2. The lowest BCUT2D eigenvalue weighted by atomic mass is 10.0. The summed E-state index contributed by atoms with van der Waals surface area (Å²) in [7, 11) is 0. The van der Waals surface area contributed by atoms with Gasteiger partial charge in [0.05, 0.1) is 18.8 Å². The fourth-order valence-corrected chi connectivity index (χ4v) is 1.39. The minimum Gasteiger partial charge on any atom is -0.394 e. The molecule has 0 saturated carbocycles. The molecule has 16 heavy (non-hydrogen) atoms. The van der Waals surface area contributed by atoms with Crippen LogP contribution >= 0.6 is 11.6 Å². The molecule has 3 nitrogen and oxygen atoms in total. The van der Waals surface area contributed by atoms with Gasteiger partial charge in [0.15, 0.2) is 0 Å². The third-order valence-electron chi connectivity index (χ3n) is 2.45. The summed E-state index contributed by atoms with van der Waals surface area (Å²) in [6.45, 7) is 1.32. The zero-order valence-electron chi connectivity index (χ0n) is 9.00. The zero-order valence-corrected chi connectivity index (χ0v) is 9.76. The van der Waals surface area contributed by atoms with E-state index in [1.54, 1.807) is 13.0 Å². The van der Waals surface area contributed by atoms with Crippen molar-refractivity contribution in [2.24, 2.45) is 0 Å². The van der Waals surface area contributed by atoms with Gasteiger partial charge in [0.1, 0.15) is 5.82 Å². The first kappa shape index (κ1) is 13.4. The van der Waals surface area contributed by atoms with E-state index in [1.165, 1.54) is 12.1 Å². The molecule has 3 N–H and O–H groups in total. The normalized spacial score (nSPS) is 11.8. The molecule has 0 unspecified atom stereocenters. The number of nitrogens with one attached hydrogen (secondary N) is 1. The molecule has 90 valence electrons. The predicted molar refractivity (Wildman–Crippen MR) is 60.8 cm³/mol. The molecule has 0 aromatic heterocycles.